The van der Waals surface area contributed by atoms with Crippen molar-refractivity contribution in [1.82, 2.24) is 9.55 Å². The summed E-state index contributed by atoms with van der Waals surface area (Å²) in [7, 11) is 0. The van der Waals surface area contributed by atoms with Gasteiger partial charge in [0, 0.05) is 12.2 Å². The normalized spacial score (nSPS) is 11.7. The molecule has 0 aliphatic carbocycles. The van der Waals surface area contributed by atoms with E-state index in [-0.39, 0.29) is 18.1 Å². The lowest BCUT2D eigenvalue weighted by molar-refractivity contribution is -0.155. The van der Waals surface area contributed by atoms with Crippen molar-refractivity contribution in [3.63, 3.8) is 0 Å². The molecule has 0 radical (unpaired) electrons. The minimum absolute atomic E-state index is 0.0504. The van der Waals surface area contributed by atoms with E-state index in [1.165, 1.54) is 0 Å². The largest absolute Gasteiger partial charge is 0.459 e. The second-order valence-corrected chi connectivity index (χ2v) is 7.25. The highest BCUT2D eigenvalue weighted by molar-refractivity contribution is 7.98. The fourth-order valence-electron chi connectivity index (χ4n) is 2.33. The molecule has 2 rings (SSSR count). The number of carbonyl (C=O) groups excluding carboxylic acids is 1. The van der Waals surface area contributed by atoms with Gasteiger partial charge in [-0.15, -0.1) is 0 Å². The highest BCUT2D eigenvalue weighted by atomic mass is 32.2. The van der Waals surface area contributed by atoms with E-state index in [0.29, 0.717) is 17.6 Å². The Morgan fingerprint density at radius 1 is 1.30 bits per heavy atom. The lowest BCUT2D eigenvalue weighted by atomic mass is 10.2. The van der Waals surface area contributed by atoms with Crippen molar-refractivity contribution in [2.45, 2.75) is 39.3 Å². The Bertz CT molecular complexity index is 763. The zero-order valence-electron chi connectivity index (χ0n) is 14.0. The van der Waals surface area contributed by atoms with Gasteiger partial charge >= 0.3 is 5.97 Å². The van der Waals surface area contributed by atoms with Crippen LogP contribution in [0.15, 0.2) is 29.1 Å². The van der Waals surface area contributed by atoms with Crippen LogP contribution in [-0.2, 0) is 22.5 Å². The first-order chi connectivity index (χ1) is 10.8. The molecule has 23 heavy (non-hydrogen) atoms. The minimum atomic E-state index is -0.543. The summed E-state index contributed by atoms with van der Waals surface area (Å²) in [6.07, 6.45) is 2.63. The summed E-state index contributed by atoms with van der Waals surface area (Å²) in [5, 5.41) is 0.518. The first-order valence-corrected chi connectivity index (χ1v) is 8.90. The quantitative estimate of drug-likeness (QED) is 0.787. The molecule has 0 saturated heterocycles. The fourth-order valence-corrected chi connectivity index (χ4v) is 2.72. The van der Waals surface area contributed by atoms with Crippen molar-refractivity contribution in [3.8, 4) is 0 Å². The van der Waals surface area contributed by atoms with Gasteiger partial charge in [-0.2, -0.15) is 16.7 Å². The van der Waals surface area contributed by atoms with Gasteiger partial charge in [-0.25, -0.2) is 0 Å². The van der Waals surface area contributed by atoms with E-state index in [1.807, 2.05) is 39.2 Å². The van der Waals surface area contributed by atoms with Gasteiger partial charge in [-0.05, 0) is 39.2 Å². The number of fused-ring (bicyclic) bond motifs is 1. The number of carbonyl (C=O) groups is 1. The molecule has 0 N–H and O–H groups in total. The fraction of sp³-hybridized carbons (Fsp3) is 0.471. The Morgan fingerprint density at radius 2 is 2.00 bits per heavy atom. The lowest BCUT2D eigenvalue weighted by Crippen LogP contribution is -2.29. The molecule has 0 fully saturated rings. The van der Waals surface area contributed by atoms with Crippen molar-refractivity contribution < 1.29 is 9.53 Å². The number of aryl methyl sites for hydroxylation is 1. The van der Waals surface area contributed by atoms with Crippen molar-refractivity contribution in [2.24, 2.45) is 0 Å². The van der Waals surface area contributed by atoms with Crippen LogP contribution in [0.2, 0.25) is 0 Å². The van der Waals surface area contributed by atoms with Crippen LogP contribution in [0.5, 0.6) is 0 Å². The van der Waals surface area contributed by atoms with Gasteiger partial charge in [0.15, 0.2) is 0 Å². The summed E-state index contributed by atoms with van der Waals surface area (Å²) >= 11 is 1.67. The number of ether oxygens (including phenoxy) is 1. The highest BCUT2D eigenvalue weighted by Gasteiger charge is 2.19. The van der Waals surface area contributed by atoms with Crippen LogP contribution in [0.25, 0.3) is 10.9 Å². The molecule has 0 saturated carbocycles. The monoisotopic (exact) mass is 334 g/mol. The molecular formula is C17H22N2O3S. The molecule has 124 valence electrons. The SMILES string of the molecule is CSCCc1nc(=O)c2ccccc2n1CC(=O)OC(C)(C)C. The number of hydrogen-bond acceptors (Lipinski definition) is 5. The van der Waals surface area contributed by atoms with Crippen LogP contribution in [0.3, 0.4) is 0 Å². The second-order valence-electron chi connectivity index (χ2n) is 6.27. The highest BCUT2D eigenvalue weighted by Crippen LogP contribution is 2.15. The van der Waals surface area contributed by atoms with Crippen LogP contribution in [0, 0.1) is 0 Å². The molecule has 1 heterocycles. The van der Waals surface area contributed by atoms with E-state index in [0.717, 1.165) is 11.3 Å². The molecule has 0 bridgehead atoms. The molecule has 5 nitrogen and oxygen atoms in total. The summed E-state index contributed by atoms with van der Waals surface area (Å²) < 4.78 is 7.20. The maximum atomic E-state index is 12.2. The third-order valence-electron chi connectivity index (χ3n) is 3.20. The minimum Gasteiger partial charge on any atom is -0.459 e. The van der Waals surface area contributed by atoms with Crippen LogP contribution in [0.1, 0.15) is 26.6 Å². The first-order valence-electron chi connectivity index (χ1n) is 7.51. The third kappa shape index (κ3) is 4.58. The number of nitrogens with zero attached hydrogens (tertiary/aromatic N) is 2. The summed E-state index contributed by atoms with van der Waals surface area (Å²) in [4.78, 5) is 28.6. The summed E-state index contributed by atoms with van der Waals surface area (Å²) in [6, 6.07) is 7.22. The Balaban J connectivity index is 2.47. The standard InChI is InChI=1S/C17H22N2O3S/c1-17(2,3)22-15(20)11-19-13-8-6-5-7-12(13)16(21)18-14(19)9-10-23-4/h5-8H,9-11H2,1-4H3. The Kier molecular flexibility index (Phi) is 5.46. The first kappa shape index (κ1) is 17.5. The zero-order valence-corrected chi connectivity index (χ0v) is 14.8. The summed E-state index contributed by atoms with van der Waals surface area (Å²) in [5.41, 5.74) is -0.0784. The van der Waals surface area contributed by atoms with Gasteiger partial charge in [0.2, 0.25) is 0 Å². The van der Waals surface area contributed by atoms with E-state index in [9.17, 15) is 9.59 Å². The smallest absolute Gasteiger partial charge is 0.326 e. The topological polar surface area (TPSA) is 61.2 Å². The van der Waals surface area contributed by atoms with Crippen molar-refractivity contribution in [2.75, 3.05) is 12.0 Å². The van der Waals surface area contributed by atoms with Crippen molar-refractivity contribution >= 4 is 28.6 Å². The van der Waals surface area contributed by atoms with Gasteiger partial charge in [-0.3, -0.25) is 9.59 Å². The summed E-state index contributed by atoms with van der Waals surface area (Å²) in [6.45, 7) is 5.55. The Labute approximate surface area is 140 Å². The van der Waals surface area contributed by atoms with E-state index in [1.54, 1.807) is 28.5 Å². The number of thioether (sulfide) groups is 1. The van der Waals surface area contributed by atoms with Gasteiger partial charge in [0.05, 0.1) is 10.9 Å². The molecule has 1 aromatic heterocycles. The van der Waals surface area contributed by atoms with E-state index < -0.39 is 5.60 Å². The maximum Gasteiger partial charge on any atom is 0.326 e. The van der Waals surface area contributed by atoms with E-state index >= 15 is 0 Å². The van der Waals surface area contributed by atoms with Crippen LogP contribution in [-0.4, -0.2) is 33.1 Å². The van der Waals surface area contributed by atoms with Crippen LogP contribution in [0.4, 0.5) is 0 Å². The second kappa shape index (κ2) is 7.17. The van der Waals surface area contributed by atoms with Gasteiger partial charge in [-0.1, -0.05) is 12.1 Å². The van der Waals surface area contributed by atoms with Gasteiger partial charge in [0.25, 0.3) is 5.56 Å². The Hall–Kier alpha value is -1.82. The molecule has 0 amide bonds. The maximum absolute atomic E-state index is 12.2. The average Bonchev–Trinajstić information content (AvgIpc) is 2.46. The van der Waals surface area contributed by atoms with Gasteiger partial charge < -0.3 is 9.30 Å². The molecule has 6 heteroatoms. The molecule has 0 spiro atoms. The number of benzene rings is 1. The number of aromatic nitrogens is 2. The number of para-hydroxylation sites is 1. The molecule has 0 atom stereocenters. The molecule has 0 aliphatic heterocycles. The molecule has 1 aromatic carbocycles. The molecular weight excluding hydrogens is 312 g/mol. The average molecular weight is 334 g/mol. The third-order valence-corrected chi connectivity index (χ3v) is 3.82. The van der Waals surface area contributed by atoms with Crippen molar-refractivity contribution in [1.29, 1.82) is 0 Å². The predicted molar refractivity (Wildman–Crippen MR) is 93.9 cm³/mol. The number of rotatable bonds is 5. The predicted octanol–water partition coefficient (Wildman–Crippen LogP) is 2.64. The lowest BCUT2D eigenvalue weighted by Gasteiger charge is -2.21. The Morgan fingerprint density at radius 3 is 2.65 bits per heavy atom. The van der Waals surface area contributed by atoms with Crippen LogP contribution < -0.4 is 5.56 Å². The van der Waals surface area contributed by atoms with Crippen molar-refractivity contribution in [3.05, 3.63) is 40.4 Å². The summed E-state index contributed by atoms with van der Waals surface area (Å²) in [5.74, 6) is 1.12. The molecule has 0 unspecified atom stereocenters. The number of esters is 1. The molecule has 2 aromatic rings. The van der Waals surface area contributed by atoms with Gasteiger partial charge in [0.1, 0.15) is 18.0 Å². The number of hydrogen-bond donors (Lipinski definition) is 0. The van der Waals surface area contributed by atoms with Crippen LogP contribution >= 0.6 is 11.8 Å². The zero-order chi connectivity index (χ0) is 17.0. The molecule has 0 aliphatic rings. The van der Waals surface area contributed by atoms with E-state index in [2.05, 4.69) is 4.98 Å². The van der Waals surface area contributed by atoms with E-state index in [4.69, 9.17) is 4.74 Å².